The van der Waals surface area contributed by atoms with Gasteiger partial charge in [-0.3, -0.25) is 0 Å². The molecule has 4 nitrogen and oxygen atoms in total. The van der Waals surface area contributed by atoms with E-state index in [1.54, 1.807) is 39.8 Å². The number of nitrogens with one attached hydrogen (secondary N) is 2. The Hall–Kier alpha value is -1.03. The van der Waals surface area contributed by atoms with Crippen LogP contribution in [0.15, 0.2) is 12.2 Å². The summed E-state index contributed by atoms with van der Waals surface area (Å²) in [6.45, 7) is 5.09. The van der Waals surface area contributed by atoms with Gasteiger partial charge in [0.25, 0.3) is 0 Å². The van der Waals surface area contributed by atoms with E-state index in [2.05, 4.69) is 10.6 Å². The zero-order chi connectivity index (χ0) is 14.8. The average molecular weight is 229 g/mol. The lowest BCUT2D eigenvalue weighted by Gasteiger charge is -2.23. The highest BCUT2D eigenvalue weighted by Gasteiger charge is 2.19. The fourth-order valence-corrected chi connectivity index (χ4v) is 1.18. The van der Waals surface area contributed by atoms with Crippen molar-refractivity contribution in [1.82, 2.24) is 10.6 Å². The summed E-state index contributed by atoms with van der Waals surface area (Å²) in [5.74, 6) is 0. The van der Waals surface area contributed by atoms with Crippen LogP contribution in [-0.4, -0.2) is 30.3 Å². The molecule has 1 aliphatic heterocycles. The Balaban J connectivity index is 2.79. The van der Waals surface area contributed by atoms with Crippen LogP contribution in [0.25, 0.3) is 0 Å². The first-order valence-corrected chi connectivity index (χ1v) is 5.39. The van der Waals surface area contributed by atoms with Crippen LogP contribution in [0, 0.1) is 0 Å². The molecule has 1 amide bonds. The predicted octanol–water partition coefficient (Wildman–Crippen LogP) is 1.82. The van der Waals surface area contributed by atoms with E-state index < -0.39 is 30.6 Å². The van der Waals surface area contributed by atoms with Gasteiger partial charge in [0, 0.05) is 22.7 Å². The van der Waals surface area contributed by atoms with E-state index in [-0.39, 0.29) is 6.04 Å². The summed E-state index contributed by atoms with van der Waals surface area (Å²) in [5, 5.41) is 5.16. The van der Waals surface area contributed by atoms with E-state index in [1.165, 1.54) is 0 Å². The van der Waals surface area contributed by atoms with Crippen LogP contribution >= 0.6 is 0 Å². The Morgan fingerprint density at radius 2 is 2.31 bits per heavy atom. The van der Waals surface area contributed by atoms with Crippen LogP contribution in [-0.2, 0) is 4.74 Å². The number of alkyl carbamates (subject to hydrolysis) is 1. The van der Waals surface area contributed by atoms with Gasteiger partial charge in [-0.1, -0.05) is 12.2 Å². The van der Waals surface area contributed by atoms with E-state index in [9.17, 15) is 4.79 Å². The van der Waals surface area contributed by atoms with Gasteiger partial charge in [-0.2, -0.15) is 0 Å². The van der Waals surface area contributed by atoms with Crippen molar-refractivity contribution < 1.29 is 13.6 Å². The van der Waals surface area contributed by atoms with Crippen molar-refractivity contribution in [1.29, 1.82) is 0 Å². The third-order valence-electron chi connectivity index (χ3n) is 1.84. The van der Waals surface area contributed by atoms with E-state index in [1.807, 2.05) is 0 Å². The molecule has 0 bridgehead atoms. The van der Waals surface area contributed by atoms with Gasteiger partial charge < -0.3 is 15.4 Å². The summed E-state index contributed by atoms with van der Waals surface area (Å²) in [4.78, 5) is 11.7. The molecule has 3 atom stereocenters. The fourth-order valence-electron chi connectivity index (χ4n) is 1.18. The Bertz CT molecular complexity index is 366. The number of carbonyl (C=O) groups excluding carboxylic acids is 1. The molecule has 1 aliphatic rings. The standard InChI is InChI=1S/C12H22N2O2/c1-9-6-5-7-10(8-13-9)14-11(15)16-12(2,3)4/h5-6,9-10,13H,7-8H2,1-4H3,(H,14,15)/t9-,10-/m0/s1/i7D,8D2/t7?,9-,10-. The average Bonchev–Trinajstić information content (AvgIpc) is 2.26. The number of hydrogen-bond acceptors (Lipinski definition) is 3. The van der Waals surface area contributed by atoms with Crippen molar-refractivity contribution in [2.45, 2.75) is 51.8 Å². The maximum atomic E-state index is 11.7. The highest BCUT2D eigenvalue weighted by Crippen LogP contribution is 2.08. The summed E-state index contributed by atoms with van der Waals surface area (Å²) in [7, 11) is 0. The van der Waals surface area contributed by atoms with Gasteiger partial charge in [-0.05, 0) is 34.1 Å². The zero-order valence-corrected chi connectivity index (χ0v) is 10.2. The molecule has 1 rings (SSSR count). The fraction of sp³-hybridized carbons (Fsp3) is 0.750. The van der Waals surface area contributed by atoms with Crippen LogP contribution in [0.5, 0.6) is 0 Å². The number of amides is 1. The van der Waals surface area contributed by atoms with Crippen molar-refractivity contribution in [3.8, 4) is 0 Å². The molecule has 0 aromatic heterocycles. The molecule has 0 aromatic carbocycles. The van der Waals surface area contributed by atoms with Crippen molar-refractivity contribution in [3.05, 3.63) is 12.2 Å². The Morgan fingerprint density at radius 1 is 1.62 bits per heavy atom. The van der Waals surface area contributed by atoms with Crippen LogP contribution in [0.1, 0.15) is 38.2 Å². The Kier molecular flexibility index (Phi) is 3.02. The van der Waals surface area contributed by atoms with Gasteiger partial charge in [0.05, 0.1) is 0 Å². The van der Waals surface area contributed by atoms with Gasteiger partial charge in [0.1, 0.15) is 5.60 Å². The topological polar surface area (TPSA) is 50.4 Å². The number of hydrogen-bond donors (Lipinski definition) is 2. The SMILES string of the molecule is [2H]C1C=C[C@H](C)NC([2H])([2H])[C@H]1NC(=O)OC(C)(C)C. The minimum Gasteiger partial charge on any atom is -0.444 e. The van der Waals surface area contributed by atoms with Gasteiger partial charge in [-0.25, -0.2) is 4.79 Å². The highest BCUT2D eigenvalue weighted by molar-refractivity contribution is 5.68. The second-order valence-corrected chi connectivity index (χ2v) is 4.78. The molecule has 0 saturated carbocycles. The molecule has 16 heavy (non-hydrogen) atoms. The van der Waals surface area contributed by atoms with Crippen molar-refractivity contribution in [2.75, 3.05) is 6.50 Å². The first-order valence-electron chi connectivity index (χ1n) is 6.97. The van der Waals surface area contributed by atoms with E-state index in [4.69, 9.17) is 8.85 Å². The summed E-state index contributed by atoms with van der Waals surface area (Å²) in [6, 6.07) is -1.21. The molecule has 4 heteroatoms. The molecule has 0 fully saturated rings. The minimum atomic E-state index is -1.88. The Labute approximate surface area is 102 Å². The maximum Gasteiger partial charge on any atom is 0.407 e. The normalized spacial score (nSPS) is 36.5. The van der Waals surface area contributed by atoms with E-state index >= 15 is 0 Å². The summed E-state index contributed by atoms with van der Waals surface area (Å²) < 4.78 is 28.9. The van der Waals surface area contributed by atoms with Gasteiger partial charge in [-0.15, -0.1) is 0 Å². The monoisotopic (exact) mass is 229 g/mol. The molecule has 92 valence electrons. The lowest BCUT2D eigenvalue weighted by Crippen LogP contribution is -2.44. The number of rotatable bonds is 1. The first kappa shape index (κ1) is 9.05. The van der Waals surface area contributed by atoms with Crippen LogP contribution in [0.2, 0.25) is 0 Å². The molecule has 0 spiro atoms. The van der Waals surface area contributed by atoms with E-state index in [0.717, 1.165) is 0 Å². The molecule has 1 unspecified atom stereocenters. The molecule has 0 radical (unpaired) electrons. The lowest BCUT2D eigenvalue weighted by molar-refractivity contribution is 0.0504. The highest BCUT2D eigenvalue weighted by atomic mass is 16.6. The number of carbonyl (C=O) groups is 1. The Morgan fingerprint density at radius 3 is 2.94 bits per heavy atom. The quantitative estimate of drug-likeness (QED) is 0.674. The zero-order valence-electron chi connectivity index (χ0n) is 13.2. The van der Waals surface area contributed by atoms with Gasteiger partial charge in [0.2, 0.25) is 0 Å². The first-order chi connectivity index (χ1) is 8.51. The molecular weight excluding hydrogens is 204 g/mol. The molecule has 0 saturated heterocycles. The van der Waals surface area contributed by atoms with Crippen LogP contribution < -0.4 is 10.6 Å². The number of ether oxygens (including phenoxy) is 1. The predicted molar refractivity (Wildman–Crippen MR) is 64.4 cm³/mol. The van der Waals surface area contributed by atoms with Crippen molar-refractivity contribution >= 4 is 6.09 Å². The minimum absolute atomic E-state index is 0.201. The molecule has 0 aliphatic carbocycles. The molecular formula is C12H22N2O2. The second-order valence-electron chi connectivity index (χ2n) is 4.78. The van der Waals surface area contributed by atoms with Crippen molar-refractivity contribution in [3.63, 3.8) is 0 Å². The van der Waals surface area contributed by atoms with Crippen molar-refractivity contribution in [2.24, 2.45) is 0 Å². The maximum absolute atomic E-state index is 11.7. The molecule has 0 aromatic rings. The summed E-state index contributed by atoms with van der Waals surface area (Å²) in [5.41, 5.74) is -0.657. The molecule has 2 N–H and O–H groups in total. The van der Waals surface area contributed by atoms with Gasteiger partial charge >= 0.3 is 6.09 Å². The smallest absolute Gasteiger partial charge is 0.407 e. The summed E-state index contributed by atoms with van der Waals surface area (Å²) >= 11 is 0. The largest absolute Gasteiger partial charge is 0.444 e. The summed E-state index contributed by atoms with van der Waals surface area (Å²) in [6.07, 6.45) is 1.69. The van der Waals surface area contributed by atoms with Crippen LogP contribution in [0.4, 0.5) is 4.79 Å². The van der Waals surface area contributed by atoms with Crippen LogP contribution in [0.3, 0.4) is 0 Å². The van der Waals surface area contributed by atoms with Gasteiger partial charge in [0.15, 0.2) is 0 Å². The third kappa shape index (κ3) is 5.16. The van der Waals surface area contributed by atoms with E-state index in [0.29, 0.717) is 0 Å². The molecule has 1 heterocycles. The second kappa shape index (κ2) is 5.34. The lowest BCUT2D eigenvalue weighted by atomic mass is 10.2. The third-order valence-corrected chi connectivity index (χ3v) is 1.84.